The van der Waals surface area contributed by atoms with E-state index in [0.29, 0.717) is 19.6 Å². The Morgan fingerprint density at radius 3 is 2.46 bits per heavy atom. The Morgan fingerprint density at radius 2 is 1.86 bits per heavy atom. The van der Waals surface area contributed by atoms with Crippen LogP contribution in [0.25, 0.3) is 5.57 Å². The van der Waals surface area contributed by atoms with Gasteiger partial charge in [0, 0.05) is 63.8 Å². The maximum Gasteiger partial charge on any atom is 0.236 e. The first-order valence-corrected chi connectivity index (χ1v) is 9.77. The monoisotopic (exact) mass is 383 g/mol. The quantitative estimate of drug-likeness (QED) is 0.810. The van der Waals surface area contributed by atoms with Crippen molar-refractivity contribution in [1.82, 2.24) is 19.6 Å². The molecule has 4 rings (SSSR count). The van der Waals surface area contributed by atoms with Gasteiger partial charge in [-0.1, -0.05) is 6.08 Å². The maximum atomic E-state index is 13.1. The number of aromatic nitrogens is 2. The molecule has 0 bridgehead atoms. The summed E-state index contributed by atoms with van der Waals surface area (Å²) < 4.78 is 14.9. The summed E-state index contributed by atoms with van der Waals surface area (Å²) in [5, 5.41) is 4.23. The van der Waals surface area contributed by atoms with Crippen LogP contribution in [0.2, 0.25) is 0 Å². The number of hydrogen-bond donors (Lipinski definition) is 0. The van der Waals surface area contributed by atoms with Gasteiger partial charge in [-0.15, -0.1) is 0 Å². The number of piperazine rings is 1. The van der Waals surface area contributed by atoms with Gasteiger partial charge in [0.15, 0.2) is 0 Å². The molecule has 0 spiro atoms. The smallest absolute Gasteiger partial charge is 0.236 e. The van der Waals surface area contributed by atoms with Crippen molar-refractivity contribution >= 4 is 17.2 Å². The number of benzene rings is 1. The highest BCUT2D eigenvalue weighted by Gasteiger charge is 2.24. The van der Waals surface area contributed by atoms with E-state index in [0.717, 1.165) is 38.3 Å². The zero-order valence-electron chi connectivity index (χ0n) is 16.2. The standard InChI is InChI=1S/C21H26FN5O/c1-24-15-18(14-23-24)17-6-8-25(9-7-17)16-21(28)27-12-10-26(11-13-27)20-4-2-19(22)3-5-20/h2-6,14-15H,7-13,16H2,1H3. The van der Waals surface area contributed by atoms with Crippen LogP contribution in [0.15, 0.2) is 42.7 Å². The van der Waals surface area contributed by atoms with E-state index in [1.807, 2.05) is 29.0 Å². The molecule has 6 nitrogen and oxygen atoms in total. The van der Waals surface area contributed by atoms with E-state index in [4.69, 9.17) is 0 Å². The Labute approximate surface area is 164 Å². The molecule has 148 valence electrons. The van der Waals surface area contributed by atoms with Gasteiger partial charge in [-0.25, -0.2) is 4.39 Å². The molecular weight excluding hydrogens is 357 g/mol. The molecule has 1 aromatic heterocycles. The highest BCUT2D eigenvalue weighted by molar-refractivity contribution is 5.79. The molecule has 1 fully saturated rings. The van der Waals surface area contributed by atoms with E-state index in [1.165, 1.54) is 23.3 Å². The first-order chi connectivity index (χ1) is 13.6. The number of rotatable bonds is 4. The van der Waals surface area contributed by atoms with Crippen molar-refractivity contribution in [1.29, 1.82) is 0 Å². The SMILES string of the molecule is Cn1cc(C2=CCN(CC(=O)N3CCN(c4ccc(F)cc4)CC3)CC2)cn1. The fraction of sp³-hybridized carbons (Fsp3) is 0.429. The van der Waals surface area contributed by atoms with E-state index < -0.39 is 0 Å². The number of halogens is 1. The van der Waals surface area contributed by atoms with E-state index >= 15 is 0 Å². The fourth-order valence-corrected chi connectivity index (χ4v) is 3.86. The molecule has 0 atom stereocenters. The molecule has 1 aromatic carbocycles. The van der Waals surface area contributed by atoms with Gasteiger partial charge in [-0.3, -0.25) is 14.4 Å². The number of amides is 1. The summed E-state index contributed by atoms with van der Waals surface area (Å²) in [5.74, 6) is -0.0307. The molecule has 7 heteroatoms. The lowest BCUT2D eigenvalue weighted by molar-refractivity contribution is -0.132. The van der Waals surface area contributed by atoms with Crippen molar-refractivity contribution in [2.45, 2.75) is 6.42 Å². The molecule has 0 unspecified atom stereocenters. The average molecular weight is 383 g/mol. The molecular formula is C21H26FN5O. The van der Waals surface area contributed by atoms with Crippen LogP contribution in [0.5, 0.6) is 0 Å². The normalized spacial score (nSPS) is 18.3. The van der Waals surface area contributed by atoms with Gasteiger partial charge in [0.1, 0.15) is 5.82 Å². The summed E-state index contributed by atoms with van der Waals surface area (Å²) in [4.78, 5) is 19.0. The number of hydrogen-bond acceptors (Lipinski definition) is 4. The lowest BCUT2D eigenvalue weighted by Gasteiger charge is -2.37. The summed E-state index contributed by atoms with van der Waals surface area (Å²) in [5.41, 5.74) is 3.49. The number of anilines is 1. The highest BCUT2D eigenvalue weighted by atomic mass is 19.1. The predicted molar refractivity (Wildman–Crippen MR) is 107 cm³/mol. The zero-order valence-corrected chi connectivity index (χ0v) is 16.2. The van der Waals surface area contributed by atoms with Crippen molar-refractivity contribution in [3.05, 3.63) is 54.1 Å². The second-order valence-electron chi connectivity index (χ2n) is 7.46. The van der Waals surface area contributed by atoms with Crippen molar-refractivity contribution in [2.75, 3.05) is 50.7 Å². The number of carbonyl (C=O) groups is 1. The Bertz CT molecular complexity index is 852. The molecule has 28 heavy (non-hydrogen) atoms. The minimum absolute atomic E-state index is 0.192. The number of nitrogens with zero attached hydrogens (tertiary/aromatic N) is 5. The van der Waals surface area contributed by atoms with Crippen molar-refractivity contribution in [3.63, 3.8) is 0 Å². The summed E-state index contributed by atoms with van der Waals surface area (Å²) >= 11 is 0. The van der Waals surface area contributed by atoms with Crippen molar-refractivity contribution < 1.29 is 9.18 Å². The lowest BCUT2D eigenvalue weighted by atomic mass is 10.0. The van der Waals surface area contributed by atoms with E-state index in [-0.39, 0.29) is 11.7 Å². The Hall–Kier alpha value is -2.67. The highest BCUT2D eigenvalue weighted by Crippen LogP contribution is 2.22. The predicted octanol–water partition coefficient (Wildman–Crippen LogP) is 2.00. The largest absolute Gasteiger partial charge is 0.368 e. The molecule has 2 aliphatic rings. The van der Waals surface area contributed by atoms with Gasteiger partial charge in [-0.05, 0) is 36.3 Å². The van der Waals surface area contributed by atoms with E-state index in [2.05, 4.69) is 21.0 Å². The lowest BCUT2D eigenvalue weighted by Crippen LogP contribution is -2.51. The van der Waals surface area contributed by atoms with Crippen LogP contribution in [-0.4, -0.2) is 71.3 Å². The van der Waals surface area contributed by atoms with Crippen LogP contribution in [0, 0.1) is 5.82 Å². The minimum atomic E-state index is -0.222. The first kappa shape index (κ1) is 18.7. The van der Waals surface area contributed by atoms with Crippen LogP contribution < -0.4 is 4.90 Å². The second-order valence-corrected chi connectivity index (χ2v) is 7.46. The minimum Gasteiger partial charge on any atom is -0.368 e. The zero-order chi connectivity index (χ0) is 19.5. The number of aryl methyl sites for hydroxylation is 1. The van der Waals surface area contributed by atoms with Crippen LogP contribution in [0.3, 0.4) is 0 Å². The van der Waals surface area contributed by atoms with Gasteiger partial charge in [-0.2, -0.15) is 5.10 Å². The Kier molecular flexibility index (Phi) is 5.43. The molecule has 0 aliphatic carbocycles. The molecule has 3 heterocycles. The summed E-state index contributed by atoms with van der Waals surface area (Å²) in [6.45, 7) is 5.13. The van der Waals surface area contributed by atoms with Gasteiger partial charge >= 0.3 is 0 Å². The molecule has 0 N–H and O–H groups in total. The molecule has 1 saturated heterocycles. The maximum absolute atomic E-state index is 13.1. The second kappa shape index (κ2) is 8.14. The van der Waals surface area contributed by atoms with Gasteiger partial charge in [0.2, 0.25) is 5.91 Å². The molecule has 0 radical (unpaired) electrons. The summed E-state index contributed by atoms with van der Waals surface area (Å²) in [6, 6.07) is 6.56. The molecule has 2 aromatic rings. The van der Waals surface area contributed by atoms with Gasteiger partial charge in [0.05, 0.1) is 12.7 Å². The van der Waals surface area contributed by atoms with E-state index in [9.17, 15) is 9.18 Å². The van der Waals surface area contributed by atoms with Crippen LogP contribution in [-0.2, 0) is 11.8 Å². The number of carbonyl (C=O) groups excluding carboxylic acids is 1. The summed E-state index contributed by atoms with van der Waals surface area (Å²) in [6.07, 6.45) is 7.08. The van der Waals surface area contributed by atoms with Crippen LogP contribution in [0.1, 0.15) is 12.0 Å². The van der Waals surface area contributed by atoms with Crippen LogP contribution >= 0.6 is 0 Å². The third-order valence-electron chi connectivity index (χ3n) is 5.55. The Balaban J connectivity index is 1.26. The third-order valence-corrected chi connectivity index (χ3v) is 5.55. The topological polar surface area (TPSA) is 44.6 Å². The van der Waals surface area contributed by atoms with Gasteiger partial charge < -0.3 is 9.80 Å². The van der Waals surface area contributed by atoms with Gasteiger partial charge in [0.25, 0.3) is 0 Å². The first-order valence-electron chi connectivity index (χ1n) is 9.77. The van der Waals surface area contributed by atoms with Crippen molar-refractivity contribution in [2.24, 2.45) is 7.05 Å². The summed E-state index contributed by atoms with van der Waals surface area (Å²) in [7, 11) is 1.92. The van der Waals surface area contributed by atoms with Crippen LogP contribution in [0.4, 0.5) is 10.1 Å². The van der Waals surface area contributed by atoms with Crippen molar-refractivity contribution in [3.8, 4) is 0 Å². The molecule has 2 aliphatic heterocycles. The van der Waals surface area contributed by atoms with E-state index in [1.54, 1.807) is 12.1 Å². The third kappa shape index (κ3) is 4.25. The molecule has 1 amide bonds. The fourth-order valence-electron chi connectivity index (χ4n) is 3.86. The Morgan fingerprint density at radius 1 is 1.11 bits per heavy atom. The average Bonchev–Trinajstić information content (AvgIpc) is 3.15. The molecule has 0 saturated carbocycles.